The fraction of sp³-hybridized carbons (Fsp3) is 0.304. The van der Waals surface area contributed by atoms with Gasteiger partial charge in [0, 0.05) is 42.7 Å². The van der Waals surface area contributed by atoms with Gasteiger partial charge in [0.25, 0.3) is 0 Å². The van der Waals surface area contributed by atoms with E-state index in [4.69, 9.17) is 21.3 Å². The van der Waals surface area contributed by atoms with Crippen LogP contribution in [-0.2, 0) is 4.79 Å². The number of fused-ring (bicyclic) bond motifs is 1. The Hall–Kier alpha value is -2.63. The van der Waals surface area contributed by atoms with Crippen LogP contribution in [0.2, 0.25) is 5.02 Å². The van der Waals surface area contributed by atoms with E-state index >= 15 is 0 Å². The van der Waals surface area contributed by atoms with E-state index in [1.54, 1.807) is 4.90 Å². The summed E-state index contributed by atoms with van der Waals surface area (Å²) in [5.41, 5.74) is 2.87. The minimum Gasteiger partial charge on any atom is -0.492 e. The van der Waals surface area contributed by atoms with E-state index in [2.05, 4.69) is 4.90 Å². The lowest BCUT2D eigenvalue weighted by Gasteiger charge is -2.37. The molecule has 1 fully saturated rings. The average Bonchev–Trinajstić information content (AvgIpc) is 2.74. The number of nitrogens with zero attached hydrogens (tertiary/aromatic N) is 3. The first kappa shape index (κ1) is 19.7. The molecule has 1 atom stereocenters. The summed E-state index contributed by atoms with van der Waals surface area (Å²) in [6.07, 6.45) is 0. The molecule has 2 aromatic carbocycles. The van der Waals surface area contributed by atoms with Gasteiger partial charge in [0.2, 0.25) is 5.91 Å². The standard InChI is InChI=1S/C23H24ClN3O2/c1-16-23(28)26(2)11-12-27(16)13-14-29-20-7-3-17(4-8-20)21-9-5-18-15-19(24)6-10-22(18)25-21/h3-10,15-16H,11-14H2,1-2H3/t16-/m1/s1. The van der Waals surface area contributed by atoms with Crippen LogP contribution in [0.4, 0.5) is 0 Å². The Morgan fingerprint density at radius 3 is 2.69 bits per heavy atom. The molecule has 1 amide bonds. The lowest BCUT2D eigenvalue weighted by atomic mass is 10.1. The quantitative estimate of drug-likeness (QED) is 0.636. The number of hydrogen-bond acceptors (Lipinski definition) is 4. The first-order chi connectivity index (χ1) is 14.0. The van der Waals surface area contributed by atoms with Gasteiger partial charge in [-0.15, -0.1) is 0 Å². The number of carbonyl (C=O) groups excluding carboxylic acids is 1. The summed E-state index contributed by atoms with van der Waals surface area (Å²) in [5.74, 6) is 0.986. The predicted molar refractivity (Wildman–Crippen MR) is 116 cm³/mol. The molecule has 0 radical (unpaired) electrons. The van der Waals surface area contributed by atoms with Crippen molar-refractivity contribution in [1.29, 1.82) is 0 Å². The van der Waals surface area contributed by atoms with E-state index in [0.29, 0.717) is 11.6 Å². The van der Waals surface area contributed by atoms with Gasteiger partial charge in [0.1, 0.15) is 12.4 Å². The van der Waals surface area contributed by atoms with Gasteiger partial charge < -0.3 is 9.64 Å². The Labute approximate surface area is 175 Å². The van der Waals surface area contributed by atoms with Crippen LogP contribution in [-0.4, -0.2) is 60.0 Å². The molecule has 0 aliphatic carbocycles. The zero-order valence-electron chi connectivity index (χ0n) is 16.6. The molecular formula is C23H24ClN3O2. The second kappa shape index (κ2) is 8.39. The van der Waals surface area contributed by atoms with Gasteiger partial charge in [0.05, 0.1) is 17.3 Å². The number of halogens is 1. The molecule has 0 saturated carbocycles. The molecule has 1 aliphatic heterocycles. The van der Waals surface area contributed by atoms with Crippen LogP contribution in [0.1, 0.15) is 6.92 Å². The highest BCUT2D eigenvalue weighted by Crippen LogP contribution is 2.25. The molecule has 3 aromatic rings. The van der Waals surface area contributed by atoms with Crippen molar-refractivity contribution in [3.05, 3.63) is 59.6 Å². The molecule has 0 unspecified atom stereocenters. The maximum atomic E-state index is 12.1. The lowest BCUT2D eigenvalue weighted by molar-refractivity contribution is -0.139. The molecule has 0 spiro atoms. The smallest absolute Gasteiger partial charge is 0.239 e. The Balaban J connectivity index is 1.37. The summed E-state index contributed by atoms with van der Waals surface area (Å²) < 4.78 is 5.89. The number of aromatic nitrogens is 1. The number of ether oxygens (including phenoxy) is 1. The van der Waals surface area contributed by atoms with Crippen LogP contribution in [0.5, 0.6) is 5.75 Å². The van der Waals surface area contributed by atoms with Crippen molar-refractivity contribution >= 4 is 28.4 Å². The summed E-state index contributed by atoms with van der Waals surface area (Å²) in [6, 6.07) is 17.6. The van der Waals surface area contributed by atoms with E-state index in [1.807, 2.05) is 68.6 Å². The predicted octanol–water partition coefficient (Wildman–Crippen LogP) is 4.10. The first-order valence-corrected chi connectivity index (χ1v) is 10.2. The number of rotatable bonds is 5. The summed E-state index contributed by atoms with van der Waals surface area (Å²) in [6.45, 7) is 4.89. The van der Waals surface area contributed by atoms with Gasteiger partial charge in [-0.3, -0.25) is 9.69 Å². The van der Waals surface area contributed by atoms with Crippen molar-refractivity contribution in [3.8, 4) is 17.0 Å². The highest BCUT2D eigenvalue weighted by atomic mass is 35.5. The van der Waals surface area contributed by atoms with Gasteiger partial charge in [0.15, 0.2) is 0 Å². The molecule has 0 N–H and O–H groups in total. The number of hydrogen-bond donors (Lipinski definition) is 0. The molecule has 1 saturated heterocycles. The Morgan fingerprint density at radius 1 is 1.10 bits per heavy atom. The van der Waals surface area contributed by atoms with Crippen molar-refractivity contribution in [2.45, 2.75) is 13.0 Å². The zero-order valence-corrected chi connectivity index (χ0v) is 17.4. The van der Waals surface area contributed by atoms with Crippen LogP contribution in [0, 0.1) is 0 Å². The van der Waals surface area contributed by atoms with Crippen molar-refractivity contribution in [1.82, 2.24) is 14.8 Å². The van der Waals surface area contributed by atoms with Crippen molar-refractivity contribution in [2.24, 2.45) is 0 Å². The minimum absolute atomic E-state index is 0.0893. The minimum atomic E-state index is -0.0893. The largest absolute Gasteiger partial charge is 0.492 e. The summed E-state index contributed by atoms with van der Waals surface area (Å²) in [5, 5.41) is 1.74. The highest BCUT2D eigenvalue weighted by molar-refractivity contribution is 6.31. The zero-order chi connectivity index (χ0) is 20.4. The molecule has 150 valence electrons. The lowest BCUT2D eigenvalue weighted by Crippen LogP contribution is -2.55. The Morgan fingerprint density at radius 2 is 1.90 bits per heavy atom. The normalized spacial score (nSPS) is 17.7. The second-order valence-corrected chi connectivity index (χ2v) is 7.81. The molecule has 6 heteroatoms. The molecular weight excluding hydrogens is 386 g/mol. The second-order valence-electron chi connectivity index (χ2n) is 7.38. The molecule has 1 aliphatic rings. The number of piperazine rings is 1. The Bertz CT molecular complexity index is 1020. The molecule has 0 bridgehead atoms. The molecule has 2 heterocycles. The van der Waals surface area contributed by atoms with Gasteiger partial charge in [-0.1, -0.05) is 17.7 Å². The monoisotopic (exact) mass is 409 g/mol. The summed E-state index contributed by atoms with van der Waals surface area (Å²) in [4.78, 5) is 20.7. The van der Waals surface area contributed by atoms with Crippen molar-refractivity contribution in [2.75, 3.05) is 33.3 Å². The topological polar surface area (TPSA) is 45.7 Å². The summed E-state index contributed by atoms with van der Waals surface area (Å²) >= 11 is 6.04. The van der Waals surface area contributed by atoms with Gasteiger partial charge in [-0.05, 0) is 55.5 Å². The number of likely N-dealkylation sites (N-methyl/N-ethyl adjacent to an activating group) is 1. The maximum absolute atomic E-state index is 12.1. The van der Waals surface area contributed by atoms with Crippen LogP contribution >= 0.6 is 11.6 Å². The summed E-state index contributed by atoms with van der Waals surface area (Å²) in [7, 11) is 1.85. The van der Waals surface area contributed by atoms with E-state index in [1.165, 1.54) is 0 Å². The number of carbonyl (C=O) groups is 1. The fourth-order valence-electron chi connectivity index (χ4n) is 3.62. The average molecular weight is 410 g/mol. The van der Waals surface area contributed by atoms with E-state index in [-0.39, 0.29) is 11.9 Å². The molecule has 1 aromatic heterocycles. The van der Waals surface area contributed by atoms with Gasteiger partial charge in [-0.25, -0.2) is 4.98 Å². The number of pyridine rings is 1. The Kier molecular flexibility index (Phi) is 5.69. The van der Waals surface area contributed by atoms with Gasteiger partial charge in [-0.2, -0.15) is 0 Å². The van der Waals surface area contributed by atoms with Crippen LogP contribution in [0.3, 0.4) is 0 Å². The van der Waals surface area contributed by atoms with E-state index in [9.17, 15) is 4.79 Å². The SMILES string of the molecule is C[C@@H]1C(=O)N(C)CCN1CCOc1ccc(-c2ccc3cc(Cl)ccc3n2)cc1. The van der Waals surface area contributed by atoms with Gasteiger partial charge >= 0.3 is 0 Å². The third-order valence-corrected chi connectivity index (χ3v) is 5.69. The molecule has 5 nitrogen and oxygen atoms in total. The maximum Gasteiger partial charge on any atom is 0.239 e. The van der Waals surface area contributed by atoms with Crippen LogP contribution in [0.25, 0.3) is 22.2 Å². The molecule has 4 rings (SSSR count). The van der Waals surface area contributed by atoms with Crippen molar-refractivity contribution in [3.63, 3.8) is 0 Å². The third-order valence-electron chi connectivity index (χ3n) is 5.45. The third kappa shape index (κ3) is 4.36. The molecule has 29 heavy (non-hydrogen) atoms. The van der Waals surface area contributed by atoms with Crippen molar-refractivity contribution < 1.29 is 9.53 Å². The van der Waals surface area contributed by atoms with E-state index in [0.717, 1.165) is 47.5 Å². The number of amides is 1. The highest BCUT2D eigenvalue weighted by Gasteiger charge is 2.28. The van der Waals surface area contributed by atoms with E-state index < -0.39 is 0 Å². The number of benzene rings is 2. The fourth-order valence-corrected chi connectivity index (χ4v) is 3.80. The van der Waals surface area contributed by atoms with Crippen LogP contribution < -0.4 is 4.74 Å². The first-order valence-electron chi connectivity index (χ1n) is 9.80. The van der Waals surface area contributed by atoms with Crippen LogP contribution in [0.15, 0.2) is 54.6 Å².